The number of rotatable bonds is 3. The Bertz CT molecular complexity index is 1080. The van der Waals surface area contributed by atoms with E-state index >= 15 is 0 Å². The summed E-state index contributed by atoms with van der Waals surface area (Å²) in [5, 5.41) is 10.3. The van der Waals surface area contributed by atoms with Crippen molar-refractivity contribution in [1.29, 1.82) is 5.41 Å². The summed E-state index contributed by atoms with van der Waals surface area (Å²) < 4.78 is 17.3. The van der Waals surface area contributed by atoms with Crippen molar-refractivity contribution in [3.8, 4) is 0 Å². The minimum Gasteiger partial charge on any atom is -0.457 e. The van der Waals surface area contributed by atoms with Gasteiger partial charge in [0.15, 0.2) is 5.78 Å². The van der Waals surface area contributed by atoms with Gasteiger partial charge in [-0.3, -0.25) is 19.8 Å². The number of carbonyl (C=O) groups excluding carboxylic acids is 3. The number of methoxy groups -OCH3 is 2. The lowest BCUT2D eigenvalue weighted by molar-refractivity contribution is -0.120. The van der Waals surface area contributed by atoms with Crippen molar-refractivity contribution >= 4 is 23.5 Å². The number of ether oxygens (including phenoxy) is 3. The molecule has 9 nitrogen and oxygen atoms in total. The van der Waals surface area contributed by atoms with Crippen molar-refractivity contribution in [2.75, 3.05) is 14.2 Å². The van der Waals surface area contributed by atoms with E-state index in [1.807, 2.05) is 39.8 Å². The van der Waals surface area contributed by atoms with Gasteiger partial charge in [-0.1, -0.05) is 45.1 Å². The fourth-order valence-corrected chi connectivity index (χ4v) is 4.96. The Morgan fingerprint density at radius 3 is 2.34 bits per heavy atom. The number of amides is 1. The van der Waals surface area contributed by atoms with Gasteiger partial charge in [-0.2, -0.15) is 0 Å². The Morgan fingerprint density at radius 2 is 1.74 bits per heavy atom. The molecule has 2 rings (SSSR count). The van der Waals surface area contributed by atoms with E-state index in [0.717, 1.165) is 11.6 Å². The summed E-state index contributed by atoms with van der Waals surface area (Å²) in [6, 6.07) is -0.389. The molecule has 0 aromatic carbocycles. The molecule has 0 saturated carbocycles. The van der Waals surface area contributed by atoms with Gasteiger partial charge in [0.1, 0.15) is 6.10 Å². The Kier molecular flexibility index (Phi) is 11.4. The van der Waals surface area contributed by atoms with Crippen LogP contribution in [0, 0.1) is 23.2 Å². The standard InChI is InChI=1S/C29H41N3O6/c1-16-11-21-14-22(33)15-23(25(21)34)32-28(35)18(3)10-8-9-17(2)26(38-29(30)31)19(4)13-20(5)27(37-7)24(12-16)36-6/h8-10,13-17,20,24,26-27H,11-12H2,1-7H3,(H3,30,31)(H,32,35)/b9-8-,18-10+,19-13+. The number of carbonyl (C=O) groups is 3. The van der Waals surface area contributed by atoms with Gasteiger partial charge < -0.3 is 25.3 Å². The third kappa shape index (κ3) is 8.36. The molecule has 208 valence electrons. The highest BCUT2D eigenvalue weighted by molar-refractivity contribution is 6.21. The van der Waals surface area contributed by atoms with Crippen LogP contribution >= 0.6 is 0 Å². The number of nitrogens with two attached hydrogens (primary N) is 1. The molecule has 2 bridgehead atoms. The molecule has 0 spiro atoms. The topological polar surface area (TPSA) is 141 Å². The van der Waals surface area contributed by atoms with Crippen LogP contribution in [0.5, 0.6) is 0 Å². The van der Waals surface area contributed by atoms with E-state index in [2.05, 4.69) is 5.32 Å². The monoisotopic (exact) mass is 527 g/mol. The second kappa shape index (κ2) is 14.0. The van der Waals surface area contributed by atoms with E-state index in [1.54, 1.807) is 33.3 Å². The molecule has 0 radical (unpaired) electrons. The van der Waals surface area contributed by atoms with Gasteiger partial charge in [0.25, 0.3) is 11.9 Å². The average molecular weight is 528 g/mol. The SMILES string of the molecule is COC1CC(C)CC2=CC(=O)C=C(NC(=O)/C(C)=C/C=C\C(C)C(OC(=N)N)/C(C)=C/C(C)C1OC)C2=O. The van der Waals surface area contributed by atoms with Gasteiger partial charge in [0.05, 0.1) is 17.9 Å². The van der Waals surface area contributed by atoms with Crippen molar-refractivity contribution in [2.24, 2.45) is 23.5 Å². The zero-order valence-corrected chi connectivity index (χ0v) is 23.4. The van der Waals surface area contributed by atoms with Crippen LogP contribution in [-0.4, -0.2) is 56.0 Å². The normalized spacial score (nSPS) is 33.6. The van der Waals surface area contributed by atoms with Gasteiger partial charge in [-0.15, -0.1) is 0 Å². The van der Waals surface area contributed by atoms with Crippen LogP contribution in [0.25, 0.3) is 0 Å². The Morgan fingerprint density at radius 1 is 1.05 bits per heavy atom. The Hall–Kier alpha value is -3.30. The predicted octanol–water partition coefficient (Wildman–Crippen LogP) is 3.52. The summed E-state index contributed by atoms with van der Waals surface area (Å²) in [5.74, 6) is -1.48. The van der Waals surface area contributed by atoms with Crippen molar-refractivity contribution < 1.29 is 28.6 Å². The Balaban J connectivity index is 2.53. The molecule has 1 heterocycles. The van der Waals surface area contributed by atoms with Crippen LogP contribution in [0.4, 0.5) is 0 Å². The molecule has 0 fully saturated rings. The second-order valence-corrected chi connectivity index (χ2v) is 10.2. The van der Waals surface area contributed by atoms with E-state index in [0.29, 0.717) is 24.0 Å². The van der Waals surface area contributed by atoms with Gasteiger partial charge in [-0.05, 0) is 44.3 Å². The molecule has 38 heavy (non-hydrogen) atoms. The van der Waals surface area contributed by atoms with E-state index < -0.39 is 12.0 Å². The fraction of sp³-hybridized carbons (Fsp3) is 0.517. The van der Waals surface area contributed by atoms with Crippen LogP contribution in [0.1, 0.15) is 47.5 Å². The van der Waals surface area contributed by atoms with E-state index in [-0.39, 0.29) is 53.2 Å². The highest BCUT2D eigenvalue weighted by Gasteiger charge is 2.31. The lowest BCUT2D eigenvalue weighted by Gasteiger charge is -2.32. The number of Topliss-reactive ketones (excluding diaryl/α,β-unsaturated/α-hetero) is 1. The number of nitrogens with one attached hydrogen (secondary N) is 2. The van der Waals surface area contributed by atoms with Crippen LogP contribution in [0.2, 0.25) is 0 Å². The van der Waals surface area contributed by atoms with Crippen LogP contribution < -0.4 is 11.1 Å². The number of hydrogen-bond acceptors (Lipinski definition) is 7. The molecule has 0 saturated heterocycles. The van der Waals surface area contributed by atoms with E-state index in [4.69, 9.17) is 25.4 Å². The highest BCUT2D eigenvalue weighted by Crippen LogP contribution is 2.28. The van der Waals surface area contributed by atoms with Gasteiger partial charge in [0.2, 0.25) is 5.78 Å². The first kappa shape index (κ1) is 30.9. The number of hydrogen-bond donors (Lipinski definition) is 3. The maximum Gasteiger partial charge on any atom is 0.279 e. The summed E-state index contributed by atoms with van der Waals surface area (Å²) >= 11 is 0. The molecular formula is C29H41N3O6. The summed E-state index contributed by atoms with van der Waals surface area (Å²) in [5.41, 5.74) is 7.13. The molecule has 6 atom stereocenters. The maximum absolute atomic E-state index is 13.1. The largest absolute Gasteiger partial charge is 0.457 e. The first-order chi connectivity index (χ1) is 17.9. The minimum atomic E-state index is -0.506. The average Bonchev–Trinajstić information content (AvgIpc) is 2.83. The third-order valence-electron chi connectivity index (χ3n) is 6.88. The maximum atomic E-state index is 13.1. The zero-order valence-electron chi connectivity index (χ0n) is 23.4. The lowest BCUT2D eigenvalue weighted by Crippen LogP contribution is -2.37. The number of ketones is 2. The minimum absolute atomic E-state index is 0.0188. The number of amidine groups is 1. The fourth-order valence-electron chi connectivity index (χ4n) is 4.96. The van der Waals surface area contributed by atoms with Crippen molar-refractivity contribution in [3.05, 3.63) is 58.9 Å². The van der Waals surface area contributed by atoms with Crippen LogP contribution in [-0.2, 0) is 28.6 Å². The summed E-state index contributed by atoms with van der Waals surface area (Å²) in [6.07, 6.45) is 9.53. The molecule has 9 heteroatoms. The van der Waals surface area contributed by atoms with Gasteiger partial charge in [0, 0.05) is 43.3 Å². The second-order valence-electron chi connectivity index (χ2n) is 10.2. The molecule has 6 unspecified atom stereocenters. The quantitative estimate of drug-likeness (QED) is 0.221. The zero-order chi connectivity index (χ0) is 28.6. The molecule has 1 aliphatic heterocycles. The van der Waals surface area contributed by atoms with Gasteiger partial charge >= 0.3 is 0 Å². The summed E-state index contributed by atoms with van der Waals surface area (Å²) in [4.78, 5) is 38.2. The predicted molar refractivity (Wildman–Crippen MR) is 146 cm³/mol. The van der Waals surface area contributed by atoms with Gasteiger partial charge in [-0.25, -0.2) is 0 Å². The van der Waals surface area contributed by atoms with E-state index in [1.165, 1.54) is 6.08 Å². The smallest absolute Gasteiger partial charge is 0.279 e. The molecule has 1 amide bonds. The van der Waals surface area contributed by atoms with E-state index in [9.17, 15) is 14.4 Å². The van der Waals surface area contributed by atoms with Crippen molar-refractivity contribution in [1.82, 2.24) is 5.32 Å². The van der Waals surface area contributed by atoms with Crippen molar-refractivity contribution in [3.63, 3.8) is 0 Å². The first-order valence-corrected chi connectivity index (χ1v) is 12.8. The third-order valence-corrected chi connectivity index (χ3v) is 6.88. The number of fused-ring (bicyclic) bond motifs is 2. The number of allylic oxidation sites excluding steroid dienone is 5. The van der Waals surface area contributed by atoms with Crippen molar-refractivity contribution in [2.45, 2.75) is 65.8 Å². The molecule has 2 aliphatic rings. The lowest BCUT2D eigenvalue weighted by atomic mass is 9.85. The summed E-state index contributed by atoms with van der Waals surface area (Å²) in [7, 11) is 3.25. The highest BCUT2D eigenvalue weighted by atomic mass is 16.5. The molecule has 0 aromatic heterocycles. The molecule has 0 aromatic rings. The Labute approximate surface area is 225 Å². The molecular weight excluding hydrogens is 486 g/mol. The molecule has 1 aliphatic carbocycles. The van der Waals surface area contributed by atoms with Crippen LogP contribution in [0.15, 0.2) is 58.9 Å². The summed E-state index contributed by atoms with van der Waals surface area (Å²) in [6.45, 7) is 9.48. The first-order valence-electron chi connectivity index (χ1n) is 12.8. The van der Waals surface area contributed by atoms with Crippen LogP contribution in [0.3, 0.4) is 0 Å². The molecule has 4 N–H and O–H groups in total.